The molecular weight excluding hydrogens is 483 g/mol. The van der Waals surface area contributed by atoms with Crippen molar-refractivity contribution in [3.63, 3.8) is 0 Å². The Kier molecular flexibility index (Phi) is 8.38. The summed E-state index contributed by atoms with van der Waals surface area (Å²) in [5.74, 6) is 0.224. The van der Waals surface area contributed by atoms with Crippen LogP contribution in [-0.2, 0) is 25.4 Å². The molecule has 36 heavy (non-hydrogen) atoms. The van der Waals surface area contributed by atoms with Crippen LogP contribution in [0.15, 0.2) is 30.9 Å². The third kappa shape index (κ3) is 6.60. The van der Waals surface area contributed by atoms with Crippen LogP contribution < -0.4 is 15.3 Å². The van der Waals surface area contributed by atoms with Gasteiger partial charge in [-0.3, -0.25) is 9.36 Å². The summed E-state index contributed by atoms with van der Waals surface area (Å²) in [6.45, 7) is 12.6. The van der Waals surface area contributed by atoms with Crippen LogP contribution in [0.4, 0.5) is 5.82 Å². The van der Waals surface area contributed by atoms with Crippen molar-refractivity contribution >= 4 is 30.5 Å². The van der Waals surface area contributed by atoms with Crippen LogP contribution >= 0.6 is 7.52 Å². The molecule has 2 aromatic heterocycles. The van der Waals surface area contributed by atoms with Gasteiger partial charge in [-0.05, 0) is 59.6 Å². The van der Waals surface area contributed by atoms with E-state index in [0.29, 0.717) is 29.3 Å². The fraction of sp³-hybridized carbons (Fsp3) is 0.500. The zero-order valence-electron chi connectivity index (χ0n) is 21.8. The number of nitrogens with zero attached hydrogens (tertiary/aromatic N) is 4. The number of imidazole rings is 1. The molecule has 196 valence electrons. The first-order valence-corrected chi connectivity index (χ1v) is 13.5. The van der Waals surface area contributed by atoms with E-state index in [1.807, 2.05) is 39.0 Å². The number of fused-ring (bicyclic) bond motifs is 1. The molecule has 0 aliphatic carbocycles. The highest BCUT2D eigenvalue weighted by atomic mass is 31.2. The van der Waals surface area contributed by atoms with Gasteiger partial charge in [0.2, 0.25) is 0 Å². The zero-order chi connectivity index (χ0) is 26.7. The van der Waals surface area contributed by atoms with Crippen LogP contribution in [0.3, 0.4) is 0 Å². The van der Waals surface area contributed by atoms with E-state index in [1.165, 1.54) is 6.33 Å². The minimum atomic E-state index is -3.76. The number of para-hydroxylation sites is 1. The first-order chi connectivity index (χ1) is 16.8. The molecule has 0 aliphatic heterocycles. The van der Waals surface area contributed by atoms with Crippen molar-refractivity contribution in [2.24, 2.45) is 0 Å². The zero-order valence-corrected chi connectivity index (χ0v) is 22.7. The summed E-state index contributed by atoms with van der Waals surface area (Å²) < 4.78 is 33.3. The Morgan fingerprint density at radius 3 is 2.47 bits per heavy atom. The number of aryl methyl sites for hydroxylation is 2. The van der Waals surface area contributed by atoms with Crippen molar-refractivity contribution < 1.29 is 23.4 Å². The van der Waals surface area contributed by atoms with E-state index in [1.54, 1.807) is 38.6 Å². The Morgan fingerprint density at radius 1 is 1.17 bits per heavy atom. The lowest BCUT2D eigenvalue weighted by Gasteiger charge is -2.31. The number of nitrogen functional groups attached to an aromatic ring is 1. The smallest absolute Gasteiger partial charge is 0.342 e. The van der Waals surface area contributed by atoms with Crippen molar-refractivity contribution in [1.29, 1.82) is 0 Å². The number of carbonyl (C=O) groups is 1. The van der Waals surface area contributed by atoms with Gasteiger partial charge in [-0.2, -0.15) is 0 Å². The minimum Gasteiger partial charge on any atom is -0.462 e. The monoisotopic (exact) mass is 518 g/mol. The lowest BCUT2D eigenvalue weighted by atomic mass is 10.1. The van der Waals surface area contributed by atoms with Gasteiger partial charge in [0, 0.05) is 0 Å². The highest BCUT2D eigenvalue weighted by molar-refractivity contribution is 7.57. The molecule has 3 N–H and O–H groups in total. The Balaban J connectivity index is 1.81. The van der Waals surface area contributed by atoms with Gasteiger partial charge in [0.25, 0.3) is 0 Å². The summed E-state index contributed by atoms with van der Waals surface area (Å²) in [7, 11) is -3.76. The van der Waals surface area contributed by atoms with Crippen LogP contribution in [0.5, 0.6) is 5.75 Å². The van der Waals surface area contributed by atoms with E-state index in [2.05, 4.69) is 20.0 Å². The standard InChI is InChI=1S/C24H35N6O5P/c1-15(2)34-23(31)24(6,7)29-36(32,35-20-16(3)9-8-10-17(20)4)14-33-18(5)11-30-13-28-19-21(25)26-12-27-22(19)30/h8-10,12-13,15,18H,11,14H2,1-7H3,(H,29,32)(H2,25,26,27)/t18-,36+/m1/s1. The Hall–Kier alpha value is -3.01. The first kappa shape index (κ1) is 27.6. The second-order valence-corrected chi connectivity index (χ2v) is 11.6. The van der Waals surface area contributed by atoms with Gasteiger partial charge in [-0.25, -0.2) is 20.0 Å². The number of ether oxygens (including phenoxy) is 2. The van der Waals surface area contributed by atoms with Crippen LogP contribution in [0, 0.1) is 13.8 Å². The fourth-order valence-electron chi connectivity index (χ4n) is 3.59. The number of anilines is 1. The van der Waals surface area contributed by atoms with Gasteiger partial charge in [-0.15, -0.1) is 0 Å². The Labute approximate surface area is 211 Å². The van der Waals surface area contributed by atoms with Crippen molar-refractivity contribution in [2.75, 3.05) is 12.1 Å². The van der Waals surface area contributed by atoms with Crippen molar-refractivity contribution in [3.8, 4) is 5.75 Å². The molecule has 0 radical (unpaired) electrons. The lowest BCUT2D eigenvalue weighted by Crippen LogP contribution is -2.48. The van der Waals surface area contributed by atoms with Crippen LogP contribution in [0.1, 0.15) is 45.7 Å². The number of rotatable bonds is 11. The number of esters is 1. The summed E-state index contributed by atoms with van der Waals surface area (Å²) in [6.07, 6.45) is 1.96. The molecule has 3 rings (SSSR count). The molecule has 11 nitrogen and oxygen atoms in total. The van der Waals surface area contributed by atoms with E-state index in [0.717, 1.165) is 11.1 Å². The second-order valence-electron chi connectivity index (χ2n) is 9.61. The van der Waals surface area contributed by atoms with Gasteiger partial charge in [-0.1, -0.05) is 18.2 Å². The van der Waals surface area contributed by atoms with Gasteiger partial charge in [0.15, 0.2) is 11.5 Å². The van der Waals surface area contributed by atoms with Gasteiger partial charge >= 0.3 is 13.5 Å². The van der Waals surface area contributed by atoms with Crippen molar-refractivity contribution in [2.45, 2.75) is 72.8 Å². The molecule has 1 aromatic carbocycles. The summed E-state index contributed by atoms with van der Waals surface area (Å²) in [4.78, 5) is 25.2. The number of carbonyl (C=O) groups excluding carboxylic acids is 1. The highest BCUT2D eigenvalue weighted by Gasteiger charge is 2.40. The SMILES string of the molecule is Cc1cccc(C)c1O[P@@](=O)(CO[C@H](C)Cn1cnc2c(N)ncnc21)NC(C)(C)C(=O)OC(C)C. The summed E-state index contributed by atoms with van der Waals surface area (Å²) in [6, 6.07) is 5.63. The molecule has 0 saturated heterocycles. The molecule has 0 fully saturated rings. The van der Waals surface area contributed by atoms with Crippen molar-refractivity contribution in [1.82, 2.24) is 24.6 Å². The second kappa shape index (κ2) is 10.9. The minimum absolute atomic E-state index is 0.288. The predicted molar refractivity (Wildman–Crippen MR) is 138 cm³/mol. The van der Waals surface area contributed by atoms with E-state index in [-0.39, 0.29) is 12.5 Å². The number of nitrogens with one attached hydrogen (secondary N) is 1. The number of hydrogen-bond acceptors (Lipinski definition) is 9. The maximum Gasteiger partial charge on any atom is 0.342 e. The van der Waals surface area contributed by atoms with E-state index >= 15 is 0 Å². The predicted octanol–water partition coefficient (Wildman–Crippen LogP) is 3.98. The lowest BCUT2D eigenvalue weighted by molar-refractivity contribution is -0.153. The summed E-state index contributed by atoms with van der Waals surface area (Å²) in [5.41, 5.74) is 7.28. The van der Waals surface area contributed by atoms with Gasteiger partial charge in [0.1, 0.15) is 29.5 Å². The molecule has 3 aromatic rings. The molecule has 0 amide bonds. The molecule has 0 unspecified atom stereocenters. The summed E-state index contributed by atoms with van der Waals surface area (Å²) >= 11 is 0. The van der Waals surface area contributed by atoms with Crippen LogP contribution in [-0.4, -0.2) is 49.6 Å². The molecule has 0 aliphatic rings. The van der Waals surface area contributed by atoms with Gasteiger partial charge in [0.05, 0.1) is 25.1 Å². The number of nitrogens with two attached hydrogens (primary N) is 1. The molecule has 0 bridgehead atoms. The molecule has 0 spiro atoms. The largest absolute Gasteiger partial charge is 0.462 e. The van der Waals surface area contributed by atoms with Crippen LogP contribution in [0.25, 0.3) is 11.2 Å². The number of benzene rings is 1. The molecule has 2 atom stereocenters. The average Bonchev–Trinajstić information content (AvgIpc) is 3.18. The number of hydrogen-bond donors (Lipinski definition) is 2. The molecule has 12 heteroatoms. The topological polar surface area (TPSA) is 143 Å². The Morgan fingerprint density at radius 2 is 1.83 bits per heavy atom. The first-order valence-electron chi connectivity index (χ1n) is 11.7. The molecule has 2 heterocycles. The quantitative estimate of drug-likeness (QED) is 0.282. The van der Waals surface area contributed by atoms with Crippen molar-refractivity contribution in [3.05, 3.63) is 42.0 Å². The maximum absolute atomic E-state index is 14.1. The number of aromatic nitrogens is 4. The molecular formula is C24H35N6O5P. The maximum atomic E-state index is 14.1. The van der Waals surface area contributed by atoms with Crippen LogP contribution in [0.2, 0.25) is 0 Å². The highest BCUT2D eigenvalue weighted by Crippen LogP contribution is 2.47. The fourth-order valence-corrected chi connectivity index (χ4v) is 5.73. The summed E-state index contributed by atoms with van der Waals surface area (Å²) in [5, 5.41) is 2.91. The van der Waals surface area contributed by atoms with Gasteiger partial charge < -0.3 is 24.3 Å². The van der Waals surface area contributed by atoms with E-state index in [9.17, 15) is 9.36 Å². The Bertz CT molecular complexity index is 1250. The third-order valence-corrected chi connectivity index (χ3v) is 7.23. The van der Waals surface area contributed by atoms with E-state index in [4.69, 9.17) is 19.7 Å². The van der Waals surface area contributed by atoms with E-state index < -0.39 is 25.1 Å². The molecule has 0 saturated carbocycles. The third-order valence-electron chi connectivity index (χ3n) is 5.36. The normalized spacial score (nSPS) is 14.6. The average molecular weight is 519 g/mol.